The Bertz CT molecular complexity index is 3620. The monoisotopic (exact) mass is 796 g/mol. The van der Waals surface area contributed by atoms with E-state index in [1.807, 2.05) is 0 Å². The van der Waals surface area contributed by atoms with Crippen molar-refractivity contribution in [2.24, 2.45) is 0 Å². The maximum absolute atomic E-state index is 2.61. The third-order valence-electron chi connectivity index (χ3n) is 16.5. The summed E-state index contributed by atoms with van der Waals surface area (Å²) in [4.78, 5) is 0. The maximum atomic E-state index is 2.61. The molecule has 0 unspecified atom stereocenters. The number of fused-ring (bicyclic) bond motifs is 17. The minimum atomic E-state index is -0.215. The molecule has 14 rings (SSSR count). The van der Waals surface area contributed by atoms with Crippen molar-refractivity contribution in [3.05, 3.63) is 190 Å². The second-order valence-corrected chi connectivity index (χ2v) is 21.0. The van der Waals surface area contributed by atoms with Gasteiger partial charge in [0.15, 0.2) is 0 Å². The van der Waals surface area contributed by atoms with Crippen LogP contribution in [0.4, 0.5) is 0 Å². The van der Waals surface area contributed by atoms with Crippen molar-refractivity contribution in [1.29, 1.82) is 0 Å². The summed E-state index contributed by atoms with van der Waals surface area (Å²) < 4.78 is 5.18. The van der Waals surface area contributed by atoms with Crippen molar-refractivity contribution in [3.8, 4) is 44.8 Å². The van der Waals surface area contributed by atoms with Gasteiger partial charge in [0.05, 0.1) is 27.8 Å². The van der Waals surface area contributed by atoms with Crippen LogP contribution in [0.5, 0.6) is 0 Å². The van der Waals surface area contributed by atoms with Gasteiger partial charge in [0.25, 0.3) is 0 Å². The molecular formula is C60H48N2. The van der Waals surface area contributed by atoms with E-state index in [4.69, 9.17) is 0 Å². The standard InChI is InChI=1S/C60H48N2/c1-57(2)44-20-12-9-16-34(44)39-27-42-43-28-40-35-17-10-13-21-45(35)58(3,4)49(40)31-54(43)61(53(42)30-48(39)57)33-24-25-36-41-29-51-55(32-50(41)60(7,8)47(36)26-33)62-52-23-14-11-18-37(52)38-19-15-22-46(56(38)62)59(51,5)6/h9-32H,1-8H3. The molecule has 0 atom stereocenters. The van der Waals surface area contributed by atoms with E-state index in [-0.39, 0.29) is 21.7 Å². The van der Waals surface area contributed by atoms with Crippen LogP contribution < -0.4 is 0 Å². The van der Waals surface area contributed by atoms with Crippen molar-refractivity contribution in [1.82, 2.24) is 9.13 Å². The second-order valence-electron chi connectivity index (χ2n) is 21.0. The topological polar surface area (TPSA) is 9.86 Å². The van der Waals surface area contributed by atoms with Crippen LogP contribution in [0.25, 0.3) is 88.4 Å². The first-order valence-electron chi connectivity index (χ1n) is 22.5. The first-order chi connectivity index (χ1) is 29.8. The zero-order chi connectivity index (χ0) is 42.0. The van der Waals surface area contributed by atoms with Gasteiger partial charge >= 0.3 is 0 Å². The molecule has 8 aromatic carbocycles. The Labute approximate surface area is 363 Å². The number of hydrogen-bond acceptors (Lipinski definition) is 0. The molecular weight excluding hydrogens is 749 g/mol. The van der Waals surface area contributed by atoms with Gasteiger partial charge in [-0.3, -0.25) is 0 Å². The van der Waals surface area contributed by atoms with Crippen molar-refractivity contribution in [2.75, 3.05) is 0 Å². The highest BCUT2D eigenvalue weighted by molar-refractivity contribution is 6.14. The smallest absolute Gasteiger partial charge is 0.0582 e. The van der Waals surface area contributed by atoms with E-state index in [0.29, 0.717) is 0 Å². The van der Waals surface area contributed by atoms with Gasteiger partial charge in [-0.2, -0.15) is 0 Å². The Morgan fingerprint density at radius 3 is 1.44 bits per heavy atom. The zero-order valence-electron chi connectivity index (χ0n) is 36.8. The molecule has 0 fully saturated rings. The Hall–Kier alpha value is -6.64. The SMILES string of the molecule is CC1(C)c2cc(-n3c4cc5c(cc4c4cc6c(cc43)C(C)(C)c3ccccc3-6)-c3ccccc3C5(C)C)ccc2-c2cc3c(cc21)-n1c2ccccc2c2cccc(c21)C3(C)C. The molecule has 62 heavy (non-hydrogen) atoms. The molecule has 0 amide bonds. The molecule has 0 N–H and O–H groups in total. The number of aromatic nitrogens is 2. The van der Waals surface area contributed by atoms with Crippen molar-refractivity contribution >= 4 is 43.6 Å². The second kappa shape index (κ2) is 10.9. The van der Waals surface area contributed by atoms with Gasteiger partial charge in [-0.25, -0.2) is 0 Å². The van der Waals surface area contributed by atoms with Crippen molar-refractivity contribution in [2.45, 2.75) is 77.0 Å². The van der Waals surface area contributed by atoms with Crippen molar-refractivity contribution in [3.63, 3.8) is 0 Å². The minimum Gasteiger partial charge on any atom is -0.309 e. The largest absolute Gasteiger partial charge is 0.309 e. The van der Waals surface area contributed by atoms with Gasteiger partial charge in [0, 0.05) is 48.9 Å². The molecule has 3 heterocycles. The zero-order valence-corrected chi connectivity index (χ0v) is 36.8. The Morgan fingerprint density at radius 2 is 0.774 bits per heavy atom. The average molecular weight is 797 g/mol. The predicted molar refractivity (Wildman–Crippen MR) is 260 cm³/mol. The highest BCUT2D eigenvalue weighted by Gasteiger charge is 2.43. The lowest BCUT2D eigenvalue weighted by atomic mass is 9.73. The minimum absolute atomic E-state index is 0.102. The number of nitrogens with zero attached hydrogens (tertiary/aromatic N) is 2. The molecule has 4 aliphatic rings. The number of benzene rings is 8. The highest BCUT2D eigenvalue weighted by atomic mass is 15.0. The molecule has 2 heteroatoms. The molecule has 0 radical (unpaired) electrons. The summed E-state index contributed by atoms with van der Waals surface area (Å²) in [5.74, 6) is 0. The first-order valence-corrected chi connectivity index (χ1v) is 22.5. The molecule has 0 saturated carbocycles. The average Bonchev–Trinajstić information content (AvgIpc) is 3.97. The quantitative estimate of drug-likeness (QED) is 0.157. The molecule has 0 saturated heterocycles. The summed E-state index contributed by atoms with van der Waals surface area (Å²) in [6, 6.07) is 56.6. The van der Waals surface area contributed by atoms with Crippen LogP contribution in [0.15, 0.2) is 146 Å². The third-order valence-corrected chi connectivity index (χ3v) is 16.5. The molecule has 10 aromatic rings. The molecule has 3 aliphatic carbocycles. The third kappa shape index (κ3) is 3.91. The maximum Gasteiger partial charge on any atom is 0.0582 e. The van der Waals surface area contributed by atoms with Crippen LogP contribution >= 0.6 is 0 Å². The lowest BCUT2D eigenvalue weighted by molar-refractivity contribution is 0.625. The van der Waals surface area contributed by atoms with Crippen LogP contribution in [0.1, 0.15) is 99.9 Å². The van der Waals surface area contributed by atoms with Crippen LogP contribution in [0.3, 0.4) is 0 Å². The highest BCUT2D eigenvalue weighted by Crippen LogP contribution is 2.57. The van der Waals surface area contributed by atoms with Gasteiger partial charge in [0.2, 0.25) is 0 Å². The summed E-state index contributed by atoms with van der Waals surface area (Å²) in [7, 11) is 0. The fourth-order valence-electron chi connectivity index (χ4n) is 13.2. The number of rotatable bonds is 1. The van der Waals surface area contributed by atoms with Gasteiger partial charge in [-0.1, -0.05) is 146 Å². The van der Waals surface area contributed by atoms with Crippen LogP contribution in [0.2, 0.25) is 0 Å². The summed E-state index contributed by atoms with van der Waals surface area (Å²) in [5, 5.41) is 5.30. The predicted octanol–water partition coefficient (Wildman–Crippen LogP) is 15.4. The molecule has 2 nitrogen and oxygen atoms in total. The summed E-state index contributed by atoms with van der Waals surface area (Å²) in [5.41, 5.74) is 26.5. The number of hydrogen-bond donors (Lipinski definition) is 0. The summed E-state index contributed by atoms with van der Waals surface area (Å²) in [6.07, 6.45) is 0. The van der Waals surface area contributed by atoms with Gasteiger partial charge in [0.1, 0.15) is 0 Å². The van der Waals surface area contributed by atoms with E-state index in [2.05, 4.69) is 210 Å². The van der Waals surface area contributed by atoms with E-state index in [0.717, 1.165) is 0 Å². The van der Waals surface area contributed by atoms with E-state index >= 15 is 0 Å². The Kier molecular flexibility index (Phi) is 6.13. The summed E-state index contributed by atoms with van der Waals surface area (Å²) in [6.45, 7) is 19.4. The van der Waals surface area contributed by atoms with E-state index in [9.17, 15) is 0 Å². The van der Waals surface area contributed by atoms with E-state index in [1.54, 1.807) is 0 Å². The fourth-order valence-corrected chi connectivity index (χ4v) is 13.2. The molecule has 0 bridgehead atoms. The molecule has 1 aliphatic heterocycles. The van der Waals surface area contributed by atoms with Gasteiger partial charge in [-0.05, 0) is 132 Å². The van der Waals surface area contributed by atoms with E-state index in [1.165, 1.54) is 133 Å². The lowest BCUT2D eigenvalue weighted by Gasteiger charge is -2.36. The first kappa shape index (κ1) is 35.0. The number of para-hydroxylation sites is 2. The van der Waals surface area contributed by atoms with Crippen LogP contribution in [-0.4, -0.2) is 9.13 Å². The fraction of sp³-hybridized carbons (Fsp3) is 0.200. The molecule has 2 aromatic heterocycles. The van der Waals surface area contributed by atoms with Crippen LogP contribution in [-0.2, 0) is 21.7 Å². The van der Waals surface area contributed by atoms with Gasteiger partial charge < -0.3 is 9.13 Å². The molecule has 298 valence electrons. The van der Waals surface area contributed by atoms with Crippen molar-refractivity contribution < 1.29 is 0 Å². The normalized spacial score (nSPS) is 17.2. The van der Waals surface area contributed by atoms with Gasteiger partial charge in [-0.15, -0.1) is 0 Å². The molecule has 0 spiro atoms. The Morgan fingerprint density at radius 1 is 0.290 bits per heavy atom. The lowest BCUT2D eigenvalue weighted by Crippen LogP contribution is -2.27. The van der Waals surface area contributed by atoms with E-state index < -0.39 is 0 Å². The Balaban J connectivity index is 1.02. The summed E-state index contributed by atoms with van der Waals surface area (Å²) >= 11 is 0. The van der Waals surface area contributed by atoms with Crippen LogP contribution in [0, 0.1) is 0 Å².